The molecule has 84 valence electrons. The molecule has 0 bridgehead atoms. The van der Waals surface area contributed by atoms with Crippen molar-refractivity contribution in [2.75, 3.05) is 5.73 Å². The van der Waals surface area contributed by atoms with E-state index in [1.54, 1.807) is 0 Å². The molecular weight excluding hydrogens is 223 g/mol. The van der Waals surface area contributed by atoms with Crippen LogP contribution in [0.5, 0.6) is 0 Å². The molecule has 0 aromatic carbocycles. The van der Waals surface area contributed by atoms with E-state index in [0.717, 1.165) is 6.07 Å². The molecule has 0 unspecified atom stereocenters. The highest BCUT2D eigenvalue weighted by Crippen LogP contribution is 2.29. The predicted octanol–water partition coefficient (Wildman–Crippen LogP) is 2.34. The fraction of sp³-hybridized carbons (Fsp3) is 0.111. The Hall–Kier alpha value is -2.05. The van der Waals surface area contributed by atoms with Gasteiger partial charge < -0.3 is 10.3 Å². The first-order valence-corrected chi connectivity index (χ1v) is 4.23. The quantitative estimate of drug-likeness (QED) is 0.815. The molecule has 0 aliphatic carbocycles. The van der Waals surface area contributed by atoms with Gasteiger partial charge in [-0.3, -0.25) is 0 Å². The van der Waals surface area contributed by atoms with E-state index in [9.17, 15) is 13.2 Å². The number of aromatic nitrogens is 2. The number of hydrogen-bond donors (Lipinski definition) is 1. The molecule has 0 aliphatic rings. The normalized spacial score (nSPS) is 11.7. The molecule has 0 spiro atoms. The van der Waals surface area contributed by atoms with Gasteiger partial charge in [-0.15, -0.1) is 0 Å². The maximum absolute atomic E-state index is 12.4. The smallest absolute Gasteiger partial charge is 0.368 e. The van der Waals surface area contributed by atoms with Gasteiger partial charge >= 0.3 is 6.18 Å². The zero-order valence-corrected chi connectivity index (χ0v) is 7.82. The maximum Gasteiger partial charge on any atom is 0.433 e. The number of pyridine rings is 1. The molecule has 2 heterocycles. The van der Waals surface area contributed by atoms with Crippen molar-refractivity contribution in [2.24, 2.45) is 0 Å². The van der Waals surface area contributed by atoms with Gasteiger partial charge in [0.05, 0.1) is 5.69 Å². The minimum Gasteiger partial charge on any atom is -0.368 e. The third kappa shape index (κ3) is 1.97. The maximum atomic E-state index is 12.4. The van der Waals surface area contributed by atoms with Crippen LogP contribution in [-0.4, -0.2) is 10.1 Å². The van der Waals surface area contributed by atoms with E-state index in [1.807, 2.05) is 0 Å². The van der Waals surface area contributed by atoms with Gasteiger partial charge in [0.2, 0.25) is 5.88 Å². The van der Waals surface area contributed by atoms with Crippen LogP contribution in [0.4, 0.5) is 19.1 Å². The molecule has 0 fully saturated rings. The summed E-state index contributed by atoms with van der Waals surface area (Å²) in [4.78, 5) is 3.42. The number of nitrogens with zero attached hydrogens (tertiary/aromatic N) is 2. The van der Waals surface area contributed by atoms with Crippen molar-refractivity contribution < 1.29 is 17.7 Å². The van der Waals surface area contributed by atoms with Gasteiger partial charge in [-0.1, -0.05) is 11.2 Å². The summed E-state index contributed by atoms with van der Waals surface area (Å²) in [5.41, 5.74) is 4.52. The summed E-state index contributed by atoms with van der Waals surface area (Å²) in [7, 11) is 0. The van der Waals surface area contributed by atoms with E-state index in [4.69, 9.17) is 5.73 Å². The minimum atomic E-state index is -4.48. The molecular formula is C9H6F3N3O. The molecule has 4 nitrogen and oxygen atoms in total. The van der Waals surface area contributed by atoms with E-state index in [2.05, 4.69) is 14.7 Å². The first-order chi connectivity index (χ1) is 7.47. The number of halogens is 3. The lowest BCUT2D eigenvalue weighted by Gasteiger charge is -2.05. The second-order valence-corrected chi connectivity index (χ2v) is 3.02. The molecule has 0 aliphatic heterocycles. The Balaban J connectivity index is 2.44. The molecule has 2 aromatic heterocycles. The first-order valence-electron chi connectivity index (χ1n) is 4.23. The highest BCUT2D eigenvalue weighted by molar-refractivity contribution is 5.56. The zero-order chi connectivity index (χ0) is 11.8. The van der Waals surface area contributed by atoms with Gasteiger partial charge in [-0.2, -0.15) is 13.2 Å². The van der Waals surface area contributed by atoms with Gasteiger partial charge in [-0.05, 0) is 12.1 Å². The highest BCUT2D eigenvalue weighted by atomic mass is 19.4. The van der Waals surface area contributed by atoms with Gasteiger partial charge in [0.15, 0.2) is 0 Å². The van der Waals surface area contributed by atoms with Crippen LogP contribution in [0.25, 0.3) is 11.4 Å². The molecule has 0 amide bonds. The molecule has 2 aromatic rings. The van der Waals surface area contributed by atoms with Gasteiger partial charge in [0.1, 0.15) is 11.4 Å². The Bertz CT molecular complexity index is 507. The van der Waals surface area contributed by atoms with Crippen LogP contribution in [0, 0.1) is 0 Å². The van der Waals surface area contributed by atoms with Crippen molar-refractivity contribution in [1.82, 2.24) is 10.1 Å². The lowest BCUT2D eigenvalue weighted by Crippen LogP contribution is -2.07. The third-order valence-corrected chi connectivity index (χ3v) is 1.83. The van der Waals surface area contributed by atoms with Crippen LogP contribution in [0.15, 0.2) is 28.8 Å². The van der Waals surface area contributed by atoms with Crippen LogP contribution in [-0.2, 0) is 6.18 Å². The lowest BCUT2D eigenvalue weighted by molar-refractivity contribution is -0.141. The molecule has 0 saturated heterocycles. The Morgan fingerprint density at radius 1 is 1.19 bits per heavy atom. The molecule has 2 rings (SSSR count). The SMILES string of the molecule is Nc1cc(-c2cccc(C(F)(F)F)n2)no1. The number of nitrogens with two attached hydrogens (primary N) is 1. The summed E-state index contributed by atoms with van der Waals surface area (Å²) >= 11 is 0. The minimum absolute atomic E-state index is 0.0224. The van der Waals surface area contributed by atoms with Crippen molar-refractivity contribution >= 4 is 5.88 Å². The van der Waals surface area contributed by atoms with E-state index < -0.39 is 11.9 Å². The highest BCUT2D eigenvalue weighted by Gasteiger charge is 2.32. The van der Waals surface area contributed by atoms with Crippen LogP contribution in [0.2, 0.25) is 0 Å². The van der Waals surface area contributed by atoms with Crippen molar-refractivity contribution in [3.63, 3.8) is 0 Å². The largest absolute Gasteiger partial charge is 0.433 e. The Morgan fingerprint density at radius 3 is 2.50 bits per heavy atom. The fourth-order valence-corrected chi connectivity index (χ4v) is 1.15. The molecule has 0 atom stereocenters. The number of anilines is 1. The van der Waals surface area contributed by atoms with Crippen molar-refractivity contribution in [1.29, 1.82) is 0 Å². The number of nitrogen functional groups attached to an aromatic ring is 1. The Morgan fingerprint density at radius 2 is 1.94 bits per heavy atom. The molecule has 0 radical (unpaired) electrons. The second kappa shape index (κ2) is 3.51. The number of alkyl halides is 3. The van der Waals surface area contributed by atoms with Crippen molar-refractivity contribution in [3.8, 4) is 11.4 Å². The topological polar surface area (TPSA) is 64.9 Å². The standard InChI is InChI=1S/C9H6F3N3O/c10-9(11,12)7-3-1-2-5(14-7)6-4-8(13)16-15-6/h1-4H,13H2. The number of hydrogen-bond acceptors (Lipinski definition) is 4. The molecule has 2 N–H and O–H groups in total. The van der Waals surface area contributed by atoms with Crippen molar-refractivity contribution in [2.45, 2.75) is 6.18 Å². The first kappa shape index (κ1) is 10.5. The average molecular weight is 229 g/mol. The van der Waals surface area contributed by atoms with Crippen LogP contribution in [0.3, 0.4) is 0 Å². The summed E-state index contributed by atoms with van der Waals surface area (Å²) in [6, 6.07) is 4.83. The molecule has 0 saturated carbocycles. The van der Waals surface area contributed by atoms with E-state index in [0.29, 0.717) is 0 Å². The van der Waals surface area contributed by atoms with E-state index in [-0.39, 0.29) is 17.3 Å². The third-order valence-electron chi connectivity index (χ3n) is 1.83. The average Bonchev–Trinajstić information content (AvgIpc) is 2.64. The number of rotatable bonds is 1. The second-order valence-electron chi connectivity index (χ2n) is 3.02. The Kier molecular flexibility index (Phi) is 2.30. The summed E-state index contributed by atoms with van der Waals surface area (Å²) in [5, 5.41) is 3.48. The summed E-state index contributed by atoms with van der Waals surface area (Å²) in [6.45, 7) is 0. The van der Waals surface area contributed by atoms with Gasteiger partial charge in [0, 0.05) is 6.07 Å². The summed E-state index contributed by atoms with van der Waals surface area (Å²) in [5.74, 6) is 0.0224. The van der Waals surface area contributed by atoms with E-state index in [1.165, 1.54) is 18.2 Å². The lowest BCUT2D eigenvalue weighted by atomic mass is 10.2. The van der Waals surface area contributed by atoms with Crippen LogP contribution >= 0.6 is 0 Å². The summed E-state index contributed by atoms with van der Waals surface area (Å²) < 4.78 is 41.6. The van der Waals surface area contributed by atoms with Crippen LogP contribution < -0.4 is 5.73 Å². The predicted molar refractivity (Wildman–Crippen MR) is 49.1 cm³/mol. The molecule has 16 heavy (non-hydrogen) atoms. The Labute approximate surface area is 87.9 Å². The van der Waals surface area contributed by atoms with Gasteiger partial charge in [0.25, 0.3) is 0 Å². The monoisotopic (exact) mass is 229 g/mol. The summed E-state index contributed by atoms with van der Waals surface area (Å²) in [6.07, 6.45) is -4.48. The zero-order valence-electron chi connectivity index (χ0n) is 7.82. The van der Waals surface area contributed by atoms with Crippen molar-refractivity contribution in [3.05, 3.63) is 30.0 Å². The van der Waals surface area contributed by atoms with Gasteiger partial charge in [-0.25, -0.2) is 4.98 Å². The van der Waals surface area contributed by atoms with Crippen LogP contribution in [0.1, 0.15) is 5.69 Å². The fourth-order valence-electron chi connectivity index (χ4n) is 1.15. The van der Waals surface area contributed by atoms with E-state index >= 15 is 0 Å². The molecule has 7 heteroatoms.